The van der Waals surface area contributed by atoms with Gasteiger partial charge in [-0.25, -0.2) is 4.98 Å². The predicted molar refractivity (Wildman–Crippen MR) is 71.7 cm³/mol. The monoisotopic (exact) mass is 245 g/mol. The topological polar surface area (TPSA) is 39.1 Å². The Labute approximate surface area is 108 Å². The van der Waals surface area contributed by atoms with Crippen LogP contribution in [-0.4, -0.2) is 23.2 Å². The molecular formula is C14H19N3O. The van der Waals surface area contributed by atoms with Crippen LogP contribution in [0.4, 0.5) is 0 Å². The SMILES string of the molecule is COc1ccc(CNCCn2ccnc2)cc1C. The van der Waals surface area contributed by atoms with E-state index < -0.39 is 0 Å². The third-order valence-corrected chi connectivity index (χ3v) is 2.89. The highest BCUT2D eigenvalue weighted by atomic mass is 16.5. The molecule has 0 saturated carbocycles. The van der Waals surface area contributed by atoms with Crippen LogP contribution in [0.5, 0.6) is 5.75 Å². The fourth-order valence-electron chi connectivity index (χ4n) is 1.91. The van der Waals surface area contributed by atoms with Crippen LogP contribution in [0.15, 0.2) is 36.9 Å². The zero-order chi connectivity index (χ0) is 12.8. The molecule has 0 fully saturated rings. The Morgan fingerprint density at radius 2 is 2.28 bits per heavy atom. The quantitative estimate of drug-likeness (QED) is 0.791. The molecule has 0 spiro atoms. The molecule has 0 aliphatic heterocycles. The van der Waals surface area contributed by atoms with Crippen molar-refractivity contribution in [2.24, 2.45) is 0 Å². The maximum absolute atomic E-state index is 5.24. The molecule has 1 N–H and O–H groups in total. The largest absolute Gasteiger partial charge is 0.496 e. The van der Waals surface area contributed by atoms with E-state index in [2.05, 4.69) is 33.9 Å². The summed E-state index contributed by atoms with van der Waals surface area (Å²) in [6.45, 7) is 4.81. The van der Waals surface area contributed by atoms with Crippen LogP contribution in [0.25, 0.3) is 0 Å². The lowest BCUT2D eigenvalue weighted by molar-refractivity contribution is 0.411. The maximum Gasteiger partial charge on any atom is 0.121 e. The van der Waals surface area contributed by atoms with E-state index in [4.69, 9.17) is 4.74 Å². The van der Waals surface area contributed by atoms with Crippen LogP contribution in [-0.2, 0) is 13.1 Å². The summed E-state index contributed by atoms with van der Waals surface area (Å²) >= 11 is 0. The first-order chi connectivity index (χ1) is 8.79. The van der Waals surface area contributed by atoms with E-state index in [-0.39, 0.29) is 0 Å². The van der Waals surface area contributed by atoms with Crippen molar-refractivity contribution < 1.29 is 4.74 Å². The number of hydrogen-bond acceptors (Lipinski definition) is 3. The maximum atomic E-state index is 5.24. The number of ether oxygens (including phenoxy) is 1. The number of nitrogens with zero attached hydrogens (tertiary/aromatic N) is 2. The zero-order valence-corrected chi connectivity index (χ0v) is 10.9. The van der Waals surface area contributed by atoms with Gasteiger partial charge in [0.05, 0.1) is 13.4 Å². The van der Waals surface area contributed by atoms with E-state index in [1.165, 1.54) is 11.1 Å². The van der Waals surface area contributed by atoms with Crippen LogP contribution in [0.3, 0.4) is 0 Å². The average molecular weight is 245 g/mol. The summed E-state index contributed by atoms with van der Waals surface area (Å²) in [5, 5.41) is 3.42. The predicted octanol–water partition coefficient (Wildman–Crippen LogP) is 1.99. The Balaban J connectivity index is 1.78. The number of aromatic nitrogens is 2. The van der Waals surface area contributed by atoms with E-state index in [9.17, 15) is 0 Å². The minimum atomic E-state index is 0.875. The molecule has 0 aliphatic carbocycles. The first-order valence-electron chi connectivity index (χ1n) is 6.09. The number of benzene rings is 1. The Kier molecular flexibility index (Phi) is 4.36. The first kappa shape index (κ1) is 12.6. The summed E-state index contributed by atoms with van der Waals surface area (Å²) in [4.78, 5) is 4.01. The lowest BCUT2D eigenvalue weighted by Gasteiger charge is -2.09. The Hall–Kier alpha value is -1.81. The van der Waals surface area contributed by atoms with Gasteiger partial charge in [-0.15, -0.1) is 0 Å². The van der Waals surface area contributed by atoms with Crippen LogP contribution < -0.4 is 10.1 Å². The molecule has 1 heterocycles. The van der Waals surface area contributed by atoms with E-state index in [1.807, 2.05) is 18.6 Å². The van der Waals surface area contributed by atoms with Gasteiger partial charge in [0.2, 0.25) is 0 Å². The van der Waals surface area contributed by atoms with Gasteiger partial charge in [0, 0.05) is 32.0 Å². The molecule has 0 atom stereocenters. The third-order valence-electron chi connectivity index (χ3n) is 2.89. The average Bonchev–Trinajstić information content (AvgIpc) is 2.88. The minimum absolute atomic E-state index is 0.875. The van der Waals surface area contributed by atoms with Crippen LogP contribution in [0.1, 0.15) is 11.1 Å². The first-order valence-corrected chi connectivity index (χ1v) is 6.09. The van der Waals surface area contributed by atoms with E-state index >= 15 is 0 Å². The van der Waals surface area contributed by atoms with Crippen LogP contribution in [0.2, 0.25) is 0 Å². The fraction of sp³-hybridized carbons (Fsp3) is 0.357. The molecule has 2 rings (SSSR count). The van der Waals surface area contributed by atoms with Crippen molar-refractivity contribution in [3.63, 3.8) is 0 Å². The van der Waals surface area contributed by atoms with Crippen LogP contribution >= 0.6 is 0 Å². The van der Waals surface area contributed by atoms with Crippen molar-refractivity contribution in [1.82, 2.24) is 14.9 Å². The molecule has 96 valence electrons. The second-order valence-corrected chi connectivity index (χ2v) is 4.28. The van der Waals surface area contributed by atoms with Gasteiger partial charge in [-0.2, -0.15) is 0 Å². The Bertz CT molecular complexity index is 480. The summed E-state index contributed by atoms with van der Waals surface area (Å²) in [5.41, 5.74) is 2.45. The molecule has 0 aliphatic rings. The summed E-state index contributed by atoms with van der Waals surface area (Å²) in [6, 6.07) is 6.27. The van der Waals surface area contributed by atoms with Gasteiger partial charge in [0.25, 0.3) is 0 Å². The number of hydrogen-bond donors (Lipinski definition) is 1. The van der Waals surface area contributed by atoms with Crippen molar-refractivity contribution in [2.45, 2.75) is 20.0 Å². The summed E-state index contributed by atoms with van der Waals surface area (Å²) in [6.07, 6.45) is 5.60. The van der Waals surface area contributed by atoms with E-state index in [0.717, 1.165) is 25.4 Å². The normalized spacial score (nSPS) is 10.6. The number of nitrogens with one attached hydrogen (secondary N) is 1. The van der Waals surface area contributed by atoms with E-state index in [0.29, 0.717) is 0 Å². The van der Waals surface area contributed by atoms with Gasteiger partial charge in [-0.1, -0.05) is 12.1 Å². The second kappa shape index (κ2) is 6.21. The molecule has 0 saturated heterocycles. The highest BCUT2D eigenvalue weighted by Crippen LogP contribution is 2.18. The van der Waals surface area contributed by atoms with Gasteiger partial charge >= 0.3 is 0 Å². The fourth-order valence-corrected chi connectivity index (χ4v) is 1.91. The molecule has 4 heteroatoms. The molecule has 0 unspecified atom stereocenters. The lowest BCUT2D eigenvalue weighted by Crippen LogP contribution is -2.19. The smallest absolute Gasteiger partial charge is 0.121 e. The van der Waals surface area contributed by atoms with E-state index in [1.54, 1.807) is 13.3 Å². The molecule has 1 aromatic heterocycles. The van der Waals surface area contributed by atoms with Crippen LogP contribution in [0, 0.1) is 6.92 Å². The Morgan fingerprint density at radius 1 is 1.39 bits per heavy atom. The van der Waals surface area contributed by atoms with Crippen molar-refractivity contribution in [1.29, 1.82) is 0 Å². The third kappa shape index (κ3) is 3.34. The van der Waals surface area contributed by atoms with Crippen molar-refractivity contribution in [3.8, 4) is 5.75 Å². The summed E-state index contributed by atoms with van der Waals surface area (Å²) in [7, 11) is 1.70. The number of methoxy groups -OCH3 is 1. The molecule has 18 heavy (non-hydrogen) atoms. The molecule has 0 radical (unpaired) electrons. The molecule has 1 aromatic carbocycles. The number of imidazole rings is 1. The van der Waals surface area contributed by atoms with Gasteiger partial charge in [0.1, 0.15) is 5.75 Å². The molecular weight excluding hydrogens is 226 g/mol. The second-order valence-electron chi connectivity index (χ2n) is 4.28. The zero-order valence-electron chi connectivity index (χ0n) is 10.9. The molecule has 4 nitrogen and oxygen atoms in total. The molecule has 2 aromatic rings. The van der Waals surface area contributed by atoms with Gasteiger partial charge in [-0.05, 0) is 24.1 Å². The summed E-state index contributed by atoms with van der Waals surface area (Å²) < 4.78 is 7.31. The Morgan fingerprint density at radius 3 is 2.94 bits per heavy atom. The van der Waals surface area contributed by atoms with Crippen molar-refractivity contribution >= 4 is 0 Å². The van der Waals surface area contributed by atoms with Gasteiger partial charge in [0.15, 0.2) is 0 Å². The lowest BCUT2D eigenvalue weighted by atomic mass is 10.1. The highest BCUT2D eigenvalue weighted by Gasteiger charge is 1.99. The van der Waals surface area contributed by atoms with Gasteiger partial charge in [-0.3, -0.25) is 0 Å². The summed E-state index contributed by atoms with van der Waals surface area (Å²) in [5.74, 6) is 0.942. The highest BCUT2D eigenvalue weighted by molar-refractivity contribution is 5.36. The van der Waals surface area contributed by atoms with Crippen molar-refractivity contribution in [2.75, 3.05) is 13.7 Å². The molecule has 0 amide bonds. The number of aryl methyl sites for hydroxylation is 1. The van der Waals surface area contributed by atoms with Gasteiger partial charge < -0.3 is 14.6 Å². The standard InChI is InChI=1S/C14H19N3O/c1-12-9-13(3-4-14(12)18-2)10-15-5-7-17-8-6-16-11-17/h3-4,6,8-9,11,15H,5,7,10H2,1-2H3. The minimum Gasteiger partial charge on any atom is -0.496 e. The molecule has 0 bridgehead atoms. The van der Waals surface area contributed by atoms with Crippen molar-refractivity contribution in [3.05, 3.63) is 48.0 Å². The number of rotatable bonds is 6.